The molecule has 1 heterocycles. The van der Waals surface area contributed by atoms with E-state index in [9.17, 15) is 4.79 Å². The number of hydrogen-bond acceptors (Lipinski definition) is 2. The van der Waals surface area contributed by atoms with Crippen molar-refractivity contribution >= 4 is 35.0 Å². The van der Waals surface area contributed by atoms with Crippen molar-refractivity contribution in [2.24, 2.45) is 0 Å². The smallest absolute Gasteiger partial charge is 0.238 e. The summed E-state index contributed by atoms with van der Waals surface area (Å²) in [5.74, 6) is 1.16. The van der Waals surface area contributed by atoms with Crippen molar-refractivity contribution in [3.8, 4) is 0 Å². The van der Waals surface area contributed by atoms with E-state index in [4.69, 9.17) is 11.6 Å². The average Bonchev–Trinajstić information content (AvgIpc) is 2.90. The molecular weight excluding hydrogens is 314 g/mol. The molecule has 22 heavy (non-hydrogen) atoms. The zero-order valence-electron chi connectivity index (χ0n) is 12.6. The largest absolute Gasteiger partial charge is 0.295 e. The van der Waals surface area contributed by atoms with Crippen LogP contribution in [0.25, 0.3) is 0 Å². The molecule has 1 aliphatic heterocycles. The molecule has 4 heteroatoms. The van der Waals surface area contributed by atoms with Crippen LogP contribution in [0.15, 0.2) is 48.5 Å². The Labute approximate surface area is 140 Å². The first kappa shape index (κ1) is 15.4. The van der Waals surface area contributed by atoms with Crippen molar-refractivity contribution in [2.75, 3.05) is 10.7 Å². The summed E-state index contributed by atoms with van der Waals surface area (Å²) in [4.78, 5) is 14.2. The fourth-order valence-electron chi connectivity index (χ4n) is 2.60. The first-order valence-electron chi connectivity index (χ1n) is 7.35. The molecular formula is C18H18ClNOS. The van der Waals surface area contributed by atoms with Gasteiger partial charge in [0.05, 0.1) is 5.75 Å². The third kappa shape index (κ3) is 3.01. The summed E-state index contributed by atoms with van der Waals surface area (Å²) >= 11 is 7.62. The van der Waals surface area contributed by atoms with E-state index in [1.54, 1.807) is 11.8 Å². The highest BCUT2D eigenvalue weighted by Crippen LogP contribution is 2.42. The number of anilines is 1. The molecule has 1 aliphatic rings. The van der Waals surface area contributed by atoms with Crippen molar-refractivity contribution < 1.29 is 4.79 Å². The summed E-state index contributed by atoms with van der Waals surface area (Å²) in [6.45, 7) is 4.34. The number of benzene rings is 2. The Hall–Kier alpha value is -1.45. The Kier molecular flexibility index (Phi) is 4.46. The molecule has 0 radical (unpaired) electrons. The lowest BCUT2D eigenvalue weighted by atomic mass is 10.0. The van der Waals surface area contributed by atoms with Crippen LogP contribution in [-0.4, -0.2) is 11.7 Å². The van der Waals surface area contributed by atoms with Crippen LogP contribution in [0, 0.1) is 0 Å². The normalized spacial score (nSPS) is 18.3. The lowest BCUT2D eigenvalue weighted by molar-refractivity contribution is -0.115. The minimum atomic E-state index is 0.0228. The lowest BCUT2D eigenvalue weighted by Gasteiger charge is -2.24. The lowest BCUT2D eigenvalue weighted by Crippen LogP contribution is -2.27. The molecule has 3 rings (SSSR count). The average molecular weight is 332 g/mol. The van der Waals surface area contributed by atoms with Gasteiger partial charge in [-0.3, -0.25) is 9.69 Å². The maximum atomic E-state index is 12.3. The van der Waals surface area contributed by atoms with Crippen LogP contribution in [-0.2, 0) is 4.79 Å². The van der Waals surface area contributed by atoms with Gasteiger partial charge in [0.2, 0.25) is 5.91 Å². The molecule has 1 saturated heterocycles. The molecule has 0 spiro atoms. The van der Waals surface area contributed by atoms with E-state index in [1.165, 1.54) is 5.56 Å². The highest BCUT2D eigenvalue weighted by molar-refractivity contribution is 8.00. The quantitative estimate of drug-likeness (QED) is 0.766. The minimum Gasteiger partial charge on any atom is -0.295 e. The Morgan fingerprint density at radius 2 is 1.73 bits per heavy atom. The van der Waals surface area contributed by atoms with Crippen LogP contribution in [0.2, 0.25) is 5.02 Å². The van der Waals surface area contributed by atoms with Gasteiger partial charge in [0.1, 0.15) is 5.37 Å². The SMILES string of the molecule is CC(C)c1ccc(N2C(=O)CS[C@H]2c2ccc(Cl)cc2)cc1. The molecule has 2 aromatic carbocycles. The van der Waals surface area contributed by atoms with Gasteiger partial charge >= 0.3 is 0 Å². The number of thioether (sulfide) groups is 1. The summed E-state index contributed by atoms with van der Waals surface area (Å²) in [7, 11) is 0. The summed E-state index contributed by atoms with van der Waals surface area (Å²) in [6, 6.07) is 16.0. The fraction of sp³-hybridized carbons (Fsp3) is 0.278. The van der Waals surface area contributed by atoms with Gasteiger partial charge in [0, 0.05) is 10.7 Å². The van der Waals surface area contributed by atoms with Crippen molar-refractivity contribution in [1.82, 2.24) is 0 Å². The van der Waals surface area contributed by atoms with E-state index in [0.717, 1.165) is 11.3 Å². The molecule has 1 amide bonds. The molecule has 0 aromatic heterocycles. The number of carbonyl (C=O) groups is 1. The molecule has 1 fully saturated rings. The Morgan fingerprint density at radius 3 is 2.32 bits per heavy atom. The zero-order valence-corrected chi connectivity index (χ0v) is 14.2. The minimum absolute atomic E-state index is 0.0228. The van der Waals surface area contributed by atoms with Gasteiger partial charge in [0.15, 0.2) is 0 Å². The predicted molar refractivity (Wildman–Crippen MR) is 94.7 cm³/mol. The first-order valence-corrected chi connectivity index (χ1v) is 8.78. The van der Waals surface area contributed by atoms with Crippen LogP contribution in [0.1, 0.15) is 36.3 Å². The third-order valence-corrected chi connectivity index (χ3v) is 5.33. The van der Waals surface area contributed by atoms with Gasteiger partial charge in [-0.2, -0.15) is 0 Å². The van der Waals surface area contributed by atoms with Crippen LogP contribution in [0.3, 0.4) is 0 Å². The number of amides is 1. The topological polar surface area (TPSA) is 20.3 Å². The molecule has 0 N–H and O–H groups in total. The summed E-state index contributed by atoms with van der Waals surface area (Å²) < 4.78 is 0. The van der Waals surface area contributed by atoms with Gasteiger partial charge in [-0.1, -0.05) is 49.7 Å². The molecule has 1 atom stereocenters. The Balaban J connectivity index is 1.92. The number of rotatable bonds is 3. The van der Waals surface area contributed by atoms with Crippen LogP contribution in [0.5, 0.6) is 0 Å². The van der Waals surface area contributed by atoms with E-state index in [1.807, 2.05) is 41.3 Å². The van der Waals surface area contributed by atoms with Crippen LogP contribution < -0.4 is 4.90 Å². The van der Waals surface area contributed by atoms with E-state index in [0.29, 0.717) is 16.7 Å². The second kappa shape index (κ2) is 6.35. The standard InChI is InChI=1S/C18H18ClNOS/c1-12(2)13-5-9-16(10-6-13)20-17(21)11-22-18(20)14-3-7-15(19)8-4-14/h3-10,12,18H,11H2,1-2H3/t18-/m0/s1. The zero-order chi connectivity index (χ0) is 15.7. The Bertz CT molecular complexity index is 666. The summed E-state index contributed by atoms with van der Waals surface area (Å²) in [6.07, 6.45) is 0. The van der Waals surface area contributed by atoms with Crippen molar-refractivity contribution in [1.29, 1.82) is 0 Å². The highest BCUT2D eigenvalue weighted by Gasteiger charge is 2.33. The summed E-state index contributed by atoms with van der Waals surface area (Å²) in [5.41, 5.74) is 3.35. The fourth-order valence-corrected chi connectivity index (χ4v) is 3.90. The van der Waals surface area contributed by atoms with Gasteiger partial charge in [0.25, 0.3) is 0 Å². The molecule has 0 saturated carbocycles. The molecule has 0 aliphatic carbocycles. The second-order valence-electron chi connectivity index (χ2n) is 5.72. The molecule has 0 bridgehead atoms. The van der Waals surface area contributed by atoms with E-state index in [-0.39, 0.29) is 11.3 Å². The molecule has 114 valence electrons. The van der Waals surface area contributed by atoms with E-state index in [2.05, 4.69) is 26.0 Å². The monoisotopic (exact) mass is 331 g/mol. The van der Waals surface area contributed by atoms with Gasteiger partial charge in [-0.05, 0) is 41.3 Å². The van der Waals surface area contributed by atoms with Crippen LogP contribution >= 0.6 is 23.4 Å². The van der Waals surface area contributed by atoms with Gasteiger partial charge < -0.3 is 0 Å². The molecule has 2 nitrogen and oxygen atoms in total. The number of carbonyl (C=O) groups excluding carboxylic acids is 1. The Morgan fingerprint density at radius 1 is 1.09 bits per heavy atom. The third-order valence-electron chi connectivity index (χ3n) is 3.86. The highest BCUT2D eigenvalue weighted by atomic mass is 35.5. The maximum Gasteiger partial charge on any atom is 0.238 e. The first-order chi connectivity index (χ1) is 10.6. The van der Waals surface area contributed by atoms with Crippen molar-refractivity contribution in [2.45, 2.75) is 25.1 Å². The van der Waals surface area contributed by atoms with Gasteiger partial charge in [-0.15, -0.1) is 11.8 Å². The molecule has 0 unspecified atom stereocenters. The van der Waals surface area contributed by atoms with Crippen molar-refractivity contribution in [3.63, 3.8) is 0 Å². The van der Waals surface area contributed by atoms with Gasteiger partial charge in [-0.25, -0.2) is 0 Å². The molecule has 2 aromatic rings. The maximum absolute atomic E-state index is 12.3. The van der Waals surface area contributed by atoms with E-state index >= 15 is 0 Å². The van der Waals surface area contributed by atoms with Crippen molar-refractivity contribution in [3.05, 3.63) is 64.7 Å². The predicted octanol–water partition coefficient (Wildman–Crippen LogP) is 5.24. The number of nitrogens with zero attached hydrogens (tertiary/aromatic N) is 1. The second-order valence-corrected chi connectivity index (χ2v) is 7.23. The number of hydrogen-bond donors (Lipinski definition) is 0. The summed E-state index contributed by atoms with van der Waals surface area (Å²) in [5, 5.41) is 0.737. The van der Waals surface area contributed by atoms with Crippen LogP contribution in [0.4, 0.5) is 5.69 Å². The number of halogens is 1. The van der Waals surface area contributed by atoms with E-state index < -0.39 is 0 Å².